The van der Waals surface area contributed by atoms with Crippen LogP contribution in [0.3, 0.4) is 0 Å². The number of hydrogen-bond acceptors (Lipinski definition) is 10. The van der Waals surface area contributed by atoms with E-state index in [1.54, 1.807) is 30.7 Å². The van der Waals surface area contributed by atoms with Crippen LogP contribution >= 0.6 is 95.1 Å². The molecule has 0 unspecified atom stereocenters. The van der Waals surface area contributed by atoms with Crippen molar-refractivity contribution in [3.05, 3.63) is 124 Å². The van der Waals surface area contributed by atoms with Crippen LogP contribution in [0.2, 0.25) is 10.6 Å². The Hall–Kier alpha value is 2.69. The summed E-state index contributed by atoms with van der Waals surface area (Å²) in [6, 6.07) is 9.39. The van der Waals surface area contributed by atoms with E-state index in [0.29, 0.717) is 10.6 Å². The molecule has 0 saturated heterocycles. The zero-order valence-corrected chi connectivity index (χ0v) is 51.9. The quantitative estimate of drug-likeness (QED) is 0.0716. The van der Waals surface area contributed by atoms with Crippen LogP contribution in [-0.4, -0.2) is 49.8 Å². The zero-order chi connectivity index (χ0) is 42.2. The third kappa shape index (κ3) is 62.8. The molecule has 0 aromatic carbocycles. The van der Waals surface area contributed by atoms with Gasteiger partial charge in [0.2, 0.25) is 10.6 Å². The van der Waals surface area contributed by atoms with Crippen molar-refractivity contribution in [3.8, 4) is 0 Å². The third-order valence-electron chi connectivity index (χ3n) is 6.37. The Morgan fingerprint density at radius 3 is 1.27 bits per heavy atom. The van der Waals surface area contributed by atoms with Crippen molar-refractivity contribution in [2.75, 3.05) is 0 Å². The molecule has 0 saturated carbocycles. The Balaban J connectivity index is -0.0000000423. The average Bonchev–Trinajstić information content (AvgIpc) is 3.19. The summed E-state index contributed by atoms with van der Waals surface area (Å²) in [6.45, 7) is 22.8. The molecule has 0 fully saturated rings. The first-order valence-corrected chi connectivity index (χ1v) is 20.9. The first-order chi connectivity index (χ1) is 27.1. The van der Waals surface area contributed by atoms with Crippen molar-refractivity contribution in [2.45, 2.75) is 169 Å². The SMILES string of the molecule is C.C.C.CC.CC/C=C/c1ccnc(CCC)n1.CCC.CCCCc1ccnc(CCC)n1.CCCc1nccc(C)n1.Cc1ccnc(Cl)n1.Clc1ncccn1.I.I.I.[Ar].[Ar].[Ar].[H-].[HH].[Na+]. The molecule has 19 heteroatoms. The van der Waals surface area contributed by atoms with Crippen LogP contribution in [0.4, 0.5) is 0 Å². The average molecular weight is 1390 g/mol. The predicted octanol–water partition coefficient (Wildman–Crippen LogP) is 13.5. The summed E-state index contributed by atoms with van der Waals surface area (Å²) in [5.41, 5.74) is 4.16. The second kappa shape index (κ2) is 74.2. The van der Waals surface area contributed by atoms with Gasteiger partial charge in [-0.2, -0.15) is 0 Å². The standard InChI is InChI=1S/C11H18N2.C11H16N2.C8H12N2.C5H5ClN2.C4H3ClN2.C3H8.C2H6.3CH4.3Ar.3HI.Na.H2.H/c2*1-3-5-7-10-8-9-12-11(13-10)6-4-2;1-3-4-8-9-6-5-7(2)10-8;1-4-2-3-7-5(6)8-4;5-4-6-2-1-3-7-4;1-3-2;1-2;;;;;;;;;;;;/h8-9H,3-7H2,1-2H3;5,7-9H,3-4,6H2,1-2H3;5-6H,3-4H2,1-2H3;2-3H,1H3;1-3H;3H2,1-2H3;1-2H3;3*1H4;;;;3*1H;;1H;/q;;;;;;;;;;;;;;;;+1;;-1/b;7-5+;;;;;;;;;;;;;;;;;. The maximum Gasteiger partial charge on any atom is 1.00 e. The summed E-state index contributed by atoms with van der Waals surface area (Å²) < 4.78 is 0. The van der Waals surface area contributed by atoms with Crippen molar-refractivity contribution in [2.24, 2.45) is 0 Å². The van der Waals surface area contributed by atoms with Crippen LogP contribution < -0.4 is 29.6 Å². The fourth-order valence-electron chi connectivity index (χ4n) is 3.92. The molecule has 384 valence electrons. The smallest absolute Gasteiger partial charge is 1.00 e. The summed E-state index contributed by atoms with van der Waals surface area (Å²) >= 11 is 10.7. The summed E-state index contributed by atoms with van der Waals surface area (Å²) in [4.78, 5) is 40.5. The van der Waals surface area contributed by atoms with E-state index in [-0.39, 0.29) is 240 Å². The molecule has 5 aromatic rings. The molecule has 66 heavy (non-hydrogen) atoms. The van der Waals surface area contributed by atoms with Gasteiger partial charge in [-0.25, -0.2) is 49.8 Å². The minimum atomic E-state index is 0. The molecule has 5 heterocycles. The number of allylic oxidation sites excluding steroid dienone is 1. The largest absolute Gasteiger partial charge is 1.00 e. The number of nitrogens with zero attached hydrogens (tertiary/aromatic N) is 10. The summed E-state index contributed by atoms with van der Waals surface area (Å²) in [5.74, 6) is 2.90. The van der Waals surface area contributed by atoms with Gasteiger partial charge < -0.3 is 1.43 Å². The molecule has 0 aliphatic carbocycles. The predicted molar refractivity (Wildman–Crippen MR) is 307 cm³/mol. The molecule has 5 aromatic heterocycles. The zero-order valence-electron chi connectivity index (χ0n) is 40.3. The van der Waals surface area contributed by atoms with E-state index in [2.05, 4.69) is 104 Å². The van der Waals surface area contributed by atoms with Gasteiger partial charge in [0, 0.05) is 188 Å². The van der Waals surface area contributed by atoms with Gasteiger partial charge in [-0.3, -0.25) is 0 Å². The van der Waals surface area contributed by atoms with Gasteiger partial charge in [-0.05, 0) is 112 Å². The number of halogens is 5. The molecule has 0 radical (unpaired) electrons. The van der Waals surface area contributed by atoms with E-state index >= 15 is 0 Å². The van der Waals surface area contributed by atoms with Gasteiger partial charge in [0.25, 0.3) is 0 Å². The first-order valence-electron chi connectivity index (χ1n) is 20.1. The Morgan fingerprint density at radius 1 is 0.515 bits per heavy atom. The van der Waals surface area contributed by atoms with Gasteiger partial charge in [-0.15, -0.1) is 71.9 Å². The number of aromatic nitrogens is 10. The Bertz CT molecular complexity index is 1680. The fraction of sp³-hybridized carbons (Fsp3) is 0.532. The molecule has 0 atom stereocenters. The van der Waals surface area contributed by atoms with E-state index in [9.17, 15) is 0 Å². The van der Waals surface area contributed by atoms with Crippen LogP contribution in [0.15, 0.2) is 73.6 Å². The molecule has 0 amide bonds. The molecule has 0 aliphatic heterocycles. The molecule has 5 rings (SSSR count). The van der Waals surface area contributed by atoms with Crippen LogP contribution in [-0.2, 0) is 25.7 Å². The monoisotopic (exact) mass is 1380 g/mol. The maximum atomic E-state index is 5.42. The first kappa shape index (κ1) is 97.9. The second-order valence-corrected chi connectivity index (χ2v) is 12.5. The van der Waals surface area contributed by atoms with E-state index in [1.807, 2.05) is 70.6 Å². The third-order valence-corrected chi connectivity index (χ3v) is 6.74. The van der Waals surface area contributed by atoms with Crippen LogP contribution in [0.5, 0.6) is 0 Å². The van der Waals surface area contributed by atoms with Crippen LogP contribution in [0.1, 0.15) is 173 Å². The van der Waals surface area contributed by atoms with E-state index in [4.69, 9.17) is 23.2 Å². The van der Waals surface area contributed by atoms with Gasteiger partial charge in [0.15, 0.2) is 0 Å². The number of unbranched alkanes of at least 4 members (excludes halogenated alkanes) is 1. The number of rotatable bonds is 11. The maximum absolute atomic E-state index is 5.42. The fourth-order valence-corrected chi connectivity index (χ4v) is 4.22. The summed E-state index contributed by atoms with van der Waals surface area (Å²) in [6.07, 6.45) is 26.6. The number of aryl methyl sites for hydroxylation is 6. The molecular weight excluding hydrogens is 1300 g/mol. The Labute approximate surface area is 580 Å². The summed E-state index contributed by atoms with van der Waals surface area (Å²) in [5, 5.41) is 0.604. The van der Waals surface area contributed by atoms with Gasteiger partial charge in [0.1, 0.15) is 17.5 Å². The van der Waals surface area contributed by atoms with Crippen molar-refractivity contribution in [1.82, 2.24) is 49.8 Å². The van der Waals surface area contributed by atoms with Crippen LogP contribution in [0, 0.1) is 127 Å². The van der Waals surface area contributed by atoms with Gasteiger partial charge in [0.05, 0.1) is 5.69 Å². The van der Waals surface area contributed by atoms with Crippen molar-refractivity contribution in [3.63, 3.8) is 0 Å². The minimum absolute atomic E-state index is 0. The topological polar surface area (TPSA) is 129 Å². The molecule has 0 spiro atoms. The Kier molecular flexibility index (Phi) is 110. The van der Waals surface area contributed by atoms with Crippen molar-refractivity contribution >= 4 is 101 Å². The molecule has 0 bridgehead atoms. The number of hydrogen-bond donors (Lipinski definition) is 0. The Morgan fingerprint density at radius 2 is 0.909 bits per heavy atom. The molecule has 0 N–H and O–H groups in total. The van der Waals surface area contributed by atoms with Crippen LogP contribution in [0.25, 0.3) is 6.08 Å². The van der Waals surface area contributed by atoms with Crippen molar-refractivity contribution < 1.29 is 146 Å². The molecule has 0 aliphatic rings. The van der Waals surface area contributed by atoms with Gasteiger partial charge in [-0.1, -0.05) is 104 Å². The second-order valence-electron chi connectivity index (χ2n) is 11.8. The normalized spacial score (nSPS) is 8.08. The van der Waals surface area contributed by atoms with Crippen molar-refractivity contribution in [1.29, 1.82) is 0 Å². The van der Waals surface area contributed by atoms with E-state index < -0.39 is 0 Å². The summed E-state index contributed by atoms with van der Waals surface area (Å²) in [7, 11) is 0. The van der Waals surface area contributed by atoms with E-state index in [0.717, 1.165) is 85.9 Å². The van der Waals surface area contributed by atoms with E-state index in [1.165, 1.54) is 25.0 Å². The molecule has 10 nitrogen and oxygen atoms in total. The van der Waals surface area contributed by atoms with Gasteiger partial charge >= 0.3 is 29.6 Å². The molecular formula is C47H86Ar3Cl2I3N10Na. The minimum Gasteiger partial charge on any atom is -1.00 e.